The molecule has 0 spiro atoms. The largest absolute Gasteiger partial charge is 0.351 e. The molecule has 4 heteroatoms. The summed E-state index contributed by atoms with van der Waals surface area (Å²) in [6.45, 7) is 0.570. The standard InChI is InChI=1S/C19H17NOS2/c21-19(20-13-15-11-12-22-14-15)18(16-7-3-1-4-8-16)23-17-9-5-2-6-10-17/h1-12,14,18H,13H2,(H,20,21). The van der Waals surface area contributed by atoms with E-state index >= 15 is 0 Å². The second-order valence-electron chi connectivity index (χ2n) is 5.07. The highest BCUT2D eigenvalue weighted by molar-refractivity contribution is 8.00. The van der Waals surface area contributed by atoms with E-state index in [4.69, 9.17) is 0 Å². The van der Waals surface area contributed by atoms with Crippen molar-refractivity contribution in [3.63, 3.8) is 0 Å². The van der Waals surface area contributed by atoms with Crippen molar-refractivity contribution < 1.29 is 4.79 Å². The molecule has 0 bridgehead atoms. The van der Waals surface area contributed by atoms with Crippen LogP contribution in [0.1, 0.15) is 16.4 Å². The highest BCUT2D eigenvalue weighted by atomic mass is 32.2. The molecule has 0 fully saturated rings. The molecular formula is C19H17NOS2. The van der Waals surface area contributed by atoms with Crippen LogP contribution in [0, 0.1) is 0 Å². The van der Waals surface area contributed by atoms with Gasteiger partial charge in [-0.15, -0.1) is 11.8 Å². The third-order valence-corrected chi connectivity index (χ3v) is 5.38. The van der Waals surface area contributed by atoms with Crippen molar-refractivity contribution >= 4 is 29.0 Å². The molecule has 1 atom stereocenters. The number of hydrogen-bond donors (Lipinski definition) is 1. The molecule has 1 aromatic heterocycles. The highest BCUT2D eigenvalue weighted by Crippen LogP contribution is 2.35. The van der Waals surface area contributed by atoms with Gasteiger partial charge in [-0.3, -0.25) is 4.79 Å². The predicted octanol–water partition coefficient (Wildman–Crippen LogP) is 4.90. The third kappa shape index (κ3) is 4.47. The minimum Gasteiger partial charge on any atom is -0.351 e. The molecule has 0 saturated heterocycles. The van der Waals surface area contributed by atoms with Gasteiger partial charge in [-0.2, -0.15) is 11.3 Å². The van der Waals surface area contributed by atoms with Crippen LogP contribution in [-0.2, 0) is 11.3 Å². The Morgan fingerprint density at radius 1 is 1.00 bits per heavy atom. The van der Waals surface area contributed by atoms with Crippen molar-refractivity contribution in [1.82, 2.24) is 5.32 Å². The molecule has 0 radical (unpaired) electrons. The molecular weight excluding hydrogens is 322 g/mol. The number of carbonyl (C=O) groups excluding carboxylic acids is 1. The summed E-state index contributed by atoms with van der Waals surface area (Å²) < 4.78 is 0. The molecule has 3 rings (SSSR count). The Morgan fingerprint density at radius 3 is 2.35 bits per heavy atom. The Labute approximate surface area is 144 Å². The van der Waals surface area contributed by atoms with E-state index in [-0.39, 0.29) is 11.2 Å². The first-order chi connectivity index (χ1) is 11.3. The molecule has 0 aliphatic rings. The van der Waals surface area contributed by atoms with E-state index < -0.39 is 0 Å². The molecule has 2 nitrogen and oxygen atoms in total. The SMILES string of the molecule is O=C(NCc1ccsc1)C(Sc1ccccc1)c1ccccc1. The van der Waals surface area contributed by atoms with Gasteiger partial charge >= 0.3 is 0 Å². The van der Waals surface area contributed by atoms with Gasteiger partial charge in [-0.1, -0.05) is 48.5 Å². The van der Waals surface area contributed by atoms with Crippen LogP contribution in [0.5, 0.6) is 0 Å². The summed E-state index contributed by atoms with van der Waals surface area (Å²) in [6, 6.07) is 22.0. The summed E-state index contributed by atoms with van der Waals surface area (Å²) in [5, 5.41) is 6.88. The molecule has 1 heterocycles. The van der Waals surface area contributed by atoms with Gasteiger partial charge < -0.3 is 5.32 Å². The monoisotopic (exact) mass is 339 g/mol. The maximum atomic E-state index is 12.7. The molecule has 3 aromatic rings. The van der Waals surface area contributed by atoms with Gasteiger partial charge in [0, 0.05) is 11.4 Å². The second-order valence-corrected chi connectivity index (χ2v) is 7.03. The fourth-order valence-electron chi connectivity index (χ4n) is 2.21. The number of nitrogens with one attached hydrogen (secondary N) is 1. The number of thioether (sulfide) groups is 1. The lowest BCUT2D eigenvalue weighted by atomic mass is 10.1. The molecule has 2 aromatic carbocycles. The summed E-state index contributed by atoms with van der Waals surface area (Å²) in [4.78, 5) is 13.8. The number of rotatable bonds is 6. The lowest BCUT2D eigenvalue weighted by Crippen LogP contribution is -2.27. The first-order valence-electron chi connectivity index (χ1n) is 7.38. The topological polar surface area (TPSA) is 29.1 Å². The normalized spacial score (nSPS) is 11.8. The zero-order chi connectivity index (χ0) is 15.9. The average Bonchev–Trinajstić information content (AvgIpc) is 3.13. The molecule has 0 aliphatic carbocycles. The van der Waals surface area contributed by atoms with Crippen LogP contribution in [0.15, 0.2) is 82.4 Å². The average molecular weight is 339 g/mol. The molecule has 0 saturated carbocycles. The minimum atomic E-state index is -0.253. The maximum Gasteiger partial charge on any atom is 0.238 e. The number of thiophene rings is 1. The van der Waals surface area contributed by atoms with Gasteiger partial charge in [0.2, 0.25) is 5.91 Å². The van der Waals surface area contributed by atoms with Gasteiger partial charge in [0.05, 0.1) is 0 Å². The Hall–Kier alpha value is -2.04. The smallest absolute Gasteiger partial charge is 0.238 e. The van der Waals surface area contributed by atoms with Crippen molar-refractivity contribution in [2.75, 3.05) is 0 Å². The Kier molecular flexibility index (Phi) is 5.51. The van der Waals surface area contributed by atoms with Crippen LogP contribution in [0.2, 0.25) is 0 Å². The molecule has 116 valence electrons. The van der Waals surface area contributed by atoms with E-state index in [0.717, 1.165) is 16.0 Å². The van der Waals surface area contributed by atoms with Gasteiger partial charge in [0.15, 0.2) is 0 Å². The lowest BCUT2D eigenvalue weighted by molar-refractivity contribution is -0.120. The highest BCUT2D eigenvalue weighted by Gasteiger charge is 2.21. The van der Waals surface area contributed by atoms with Gasteiger partial charge in [-0.05, 0) is 40.1 Å². The first-order valence-corrected chi connectivity index (χ1v) is 9.20. The van der Waals surface area contributed by atoms with E-state index in [9.17, 15) is 4.79 Å². The molecule has 23 heavy (non-hydrogen) atoms. The number of benzene rings is 2. The maximum absolute atomic E-state index is 12.7. The van der Waals surface area contributed by atoms with Crippen molar-refractivity contribution in [2.45, 2.75) is 16.7 Å². The van der Waals surface area contributed by atoms with Crippen molar-refractivity contribution in [1.29, 1.82) is 0 Å². The Morgan fingerprint density at radius 2 is 1.70 bits per heavy atom. The van der Waals surface area contributed by atoms with Crippen LogP contribution in [0.3, 0.4) is 0 Å². The fourth-order valence-corrected chi connectivity index (χ4v) is 3.95. The fraction of sp³-hybridized carbons (Fsp3) is 0.105. The second kappa shape index (κ2) is 7.99. The number of hydrogen-bond acceptors (Lipinski definition) is 3. The summed E-state index contributed by atoms with van der Waals surface area (Å²) in [5.74, 6) is 0.0382. The summed E-state index contributed by atoms with van der Waals surface area (Å²) in [6.07, 6.45) is 0. The van der Waals surface area contributed by atoms with E-state index in [1.165, 1.54) is 0 Å². The van der Waals surface area contributed by atoms with Crippen molar-refractivity contribution in [2.24, 2.45) is 0 Å². The van der Waals surface area contributed by atoms with Crippen LogP contribution < -0.4 is 5.32 Å². The van der Waals surface area contributed by atoms with Crippen LogP contribution in [0.25, 0.3) is 0 Å². The zero-order valence-electron chi connectivity index (χ0n) is 12.5. The van der Waals surface area contributed by atoms with Gasteiger partial charge in [-0.25, -0.2) is 0 Å². The quantitative estimate of drug-likeness (QED) is 0.647. The lowest BCUT2D eigenvalue weighted by Gasteiger charge is -2.17. The minimum absolute atomic E-state index is 0.0382. The Balaban J connectivity index is 1.75. The predicted molar refractivity (Wildman–Crippen MR) is 97.6 cm³/mol. The molecule has 1 amide bonds. The zero-order valence-corrected chi connectivity index (χ0v) is 14.1. The van der Waals surface area contributed by atoms with Gasteiger partial charge in [0.1, 0.15) is 5.25 Å². The summed E-state index contributed by atoms with van der Waals surface area (Å²) >= 11 is 3.22. The van der Waals surface area contributed by atoms with Crippen molar-refractivity contribution in [3.8, 4) is 0 Å². The summed E-state index contributed by atoms with van der Waals surface area (Å²) in [5.41, 5.74) is 2.16. The molecule has 1 N–H and O–H groups in total. The Bertz CT molecular complexity index is 727. The molecule has 1 unspecified atom stereocenters. The van der Waals surface area contributed by atoms with E-state index in [2.05, 4.69) is 10.7 Å². The van der Waals surface area contributed by atoms with Crippen molar-refractivity contribution in [3.05, 3.63) is 88.6 Å². The van der Waals surface area contributed by atoms with E-state index in [0.29, 0.717) is 6.54 Å². The van der Waals surface area contributed by atoms with Crippen LogP contribution in [0.4, 0.5) is 0 Å². The summed E-state index contributed by atoms with van der Waals surface area (Å²) in [7, 11) is 0. The van der Waals surface area contributed by atoms with Gasteiger partial charge in [0.25, 0.3) is 0 Å². The first kappa shape index (κ1) is 15.8. The van der Waals surface area contributed by atoms with E-state index in [1.807, 2.05) is 72.1 Å². The molecule has 0 aliphatic heterocycles. The van der Waals surface area contributed by atoms with E-state index in [1.54, 1.807) is 23.1 Å². The number of amides is 1. The number of carbonyl (C=O) groups is 1. The van der Waals surface area contributed by atoms with Crippen LogP contribution >= 0.6 is 23.1 Å². The van der Waals surface area contributed by atoms with Crippen LogP contribution in [-0.4, -0.2) is 5.91 Å². The third-order valence-electron chi connectivity index (χ3n) is 3.38.